The molecule has 0 aliphatic carbocycles. The lowest BCUT2D eigenvalue weighted by Gasteiger charge is -2.43. The second-order valence-corrected chi connectivity index (χ2v) is 22.6. The summed E-state index contributed by atoms with van der Waals surface area (Å²) in [5.41, 5.74) is -0.685. The molecule has 0 rings (SSSR count). The Bertz CT molecular complexity index is 307. The van der Waals surface area contributed by atoms with E-state index in [2.05, 4.69) is 65.5 Å². The fourth-order valence-electron chi connectivity index (χ4n) is 1.77. The Morgan fingerprint density at radius 2 is 1.11 bits per heavy atom. The summed E-state index contributed by atoms with van der Waals surface area (Å²) in [6.07, 6.45) is 0. The van der Waals surface area contributed by atoms with E-state index < -0.39 is 30.4 Å². The van der Waals surface area contributed by atoms with E-state index in [1.165, 1.54) is 0 Å². The first kappa shape index (κ1) is 19.3. The number of rotatable bonds is 7. The molecule has 0 unspecified atom stereocenters. The molecule has 114 valence electrons. The third kappa shape index (κ3) is 8.98. The van der Waals surface area contributed by atoms with E-state index in [9.17, 15) is 0 Å². The van der Waals surface area contributed by atoms with Gasteiger partial charge in [0.25, 0.3) is 0 Å². The van der Waals surface area contributed by atoms with Crippen LogP contribution in [-0.4, -0.2) is 40.6 Å². The van der Waals surface area contributed by atoms with Crippen LogP contribution in [0, 0.1) is 0 Å². The third-order valence-corrected chi connectivity index (χ3v) is 6.58. The molecule has 0 aromatic heterocycles. The minimum absolute atomic E-state index is 0.684. The van der Waals surface area contributed by atoms with Crippen LogP contribution in [-0.2, 0) is 13.3 Å². The second kappa shape index (κ2) is 5.98. The first-order valence-corrected chi connectivity index (χ1v) is 18.1. The van der Waals surface area contributed by atoms with Crippen LogP contribution in [0.1, 0.15) is 0 Å². The van der Waals surface area contributed by atoms with Crippen LogP contribution >= 0.6 is 0 Å². The molecule has 0 atom stereocenters. The molecule has 0 radical (unpaired) electrons. The van der Waals surface area contributed by atoms with Gasteiger partial charge in [-0.05, 0) is 58.9 Å². The van der Waals surface area contributed by atoms with E-state index >= 15 is 0 Å². The molecule has 0 heterocycles. The van der Waals surface area contributed by atoms with Crippen molar-refractivity contribution in [3.8, 4) is 0 Å². The molecule has 7 heteroatoms. The van der Waals surface area contributed by atoms with Crippen molar-refractivity contribution < 1.29 is 13.3 Å². The van der Waals surface area contributed by atoms with Crippen molar-refractivity contribution in [1.82, 2.24) is 0 Å². The van der Waals surface area contributed by atoms with Crippen molar-refractivity contribution in [3.05, 3.63) is 12.3 Å². The summed E-state index contributed by atoms with van der Waals surface area (Å²) in [7, 11) is -4.41. The summed E-state index contributed by atoms with van der Waals surface area (Å²) < 4.78 is 18.7. The van der Waals surface area contributed by atoms with Crippen molar-refractivity contribution in [2.75, 3.05) is 0 Å². The Labute approximate surface area is 125 Å². The molecular weight excluding hydrogens is 304 g/mol. The minimum Gasteiger partial charge on any atom is -0.544 e. The van der Waals surface area contributed by atoms with Gasteiger partial charge in [0.1, 0.15) is 5.76 Å². The monoisotopic (exact) mass is 336 g/mol. The van der Waals surface area contributed by atoms with E-state index in [4.69, 9.17) is 13.3 Å². The highest BCUT2D eigenvalue weighted by Gasteiger charge is 2.41. The lowest BCUT2D eigenvalue weighted by molar-refractivity contribution is -0.0453. The van der Waals surface area contributed by atoms with Crippen molar-refractivity contribution in [2.45, 2.75) is 64.3 Å². The summed E-state index contributed by atoms with van der Waals surface area (Å²) in [5.74, 6) is 0.684. The topological polar surface area (TPSA) is 27.7 Å². The fraction of sp³-hybridized carbons (Fsp3) is 0.833. The van der Waals surface area contributed by atoms with Crippen LogP contribution < -0.4 is 0 Å². The van der Waals surface area contributed by atoms with Gasteiger partial charge >= 0.3 is 0 Å². The van der Waals surface area contributed by atoms with E-state index in [-0.39, 0.29) is 0 Å². The summed E-state index contributed by atoms with van der Waals surface area (Å²) in [6.45, 7) is 23.6. The first-order chi connectivity index (χ1) is 8.04. The predicted molar refractivity (Wildman–Crippen MR) is 95.1 cm³/mol. The predicted octanol–water partition coefficient (Wildman–Crippen LogP) is 3.07. The lowest BCUT2D eigenvalue weighted by atomic mass is 10.5. The average Bonchev–Trinajstić information content (AvgIpc) is 1.91. The van der Waals surface area contributed by atoms with Crippen molar-refractivity contribution in [1.29, 1.82) is 0 Å². The van der Waals surface area contributed by atoms with Crippen LogP contribution in [0.3, 0.4) is 0 Å². The van der Waals surface area contributed by atoms with E-state index in [0.29, 0.717) is 5.76 Å². The molecule has 0 aromatic carbocycles. The normalized spacial score (nSPS) is 14.6. The highest BCUT2D eigenvalue weighted by atomic mass is 28.4. The molecule has 0 aliphatic heterocycles. The second-order valence-electron chi connectivity index (χ2n) is 8.01. The van der Waals surface area contributed by atoms with Crippen LogP contribution in [0.15, 0.2) is 12.3 Å². The smallest absolute Gasteiger partial charge is 0.241 e. The van der Waals surface area contributed by atoms with Gasteiger partial charge in [0.05, 0.1) is 10.2 Å². The Balaban J connectivity index is 5.22. The number of hydrogen-bond donors (Lipinski definition) is 0. The zero-order valence-electron chi connectivity index (χ0n) is 14.4. The minimum atomic E-state index is -1.72. The van der Waals surface area contributed by atoms with Crippen LogP contribution in [0.4, 0.5) is 0 Å². The molecule has 19 heavy (non-hydrogen) atoms. The summed E-state index contributed by atoms with van der Waals surface area (Å²) in [4.78, 5) is 0. The highest BCUT2D eigenvalue weighted by Crippen LogP contribution is 2.30. The summed E-state index contributed by atoms with van der Waals surface area (Å²) in [5, 5.41) is 0. The Morgan fingerprint density at radius 1 is 0.789 bits per heavy atom. The summed E-state index contributed by atoms with van der Waals surface area (Å²) in [6, 6.07) is 0. The molecule has 3 nitrogen and oxygen atoms in total. The molecule has 0 spiro atoms. The van der Waals surface area contributed by atoms with Gasteiger partial charge in [0.2, 0.25) is 8.32 Å². The highest BCUT2D eigenvalue weighted by molar-refractivity contribution is 6.72. The zero-order chi connectivity index (χ0) is 15.7. The van der Waals surface area contributed by atoms with Gasteiger partial charge in [-0.2, -0.15) is 0 Å². The van der Waals surface area contributed by atoms with Gasteiger partial charge in [0, 0.05) is 0 Å². The molecule has 0 saturated heterocycles. The zero-order valence-corrected chi connectivity index (χ0v) is 19.4. The third-order valence-electron chi connectivity index (χ3n) is 1.94. The lowest BCUT2D eigenvalue weighted by Crippen LogP contribution is -2.53. The van der Waals surface area contributed by atoms with Gasteiger partial charge in [-0.1, -0.05) is 6.58 Å². The molecule has 0 saturated carbocycles. The maximum Gasteiger partial charge on any atom is 0.241 e. The molecule has 0 bridgehead atoms. The molecule has 0 aliphatic rings. The van der Waals surface area contributed by atoms with E-state index in [0.717, 1.165) is 10.2 Å². The van der Waals surface area contributed by atoms with Gasteiger partial charge in [-0.3, -0.25) is 0 Å². The molecular formula is C12H32O3Si4. The average molecular weight is 337 g/mol. The SMILES string of the molecule is C=C(O[Si](C)(C)C)C([SiH3])(O[Si](C)(C)C)O[Si](C)(C)C. The van der Waals surface area contributed by atoms with Crippen molar-refractivity contribution >= 4 is 35.2 Å². The van der Waals surface area contributed by atoms with E-state index in [1.54, 1.807) is 0 Å². The Morgan fingerprint density at radius 3 is 1.32 bits per heavy atom. The largest absolute Gasteiger partial charge is 0.544 e. The van der Waals surface area contributed by atoms with Gasteiger partial charge in [0.15, 0.2) is 22.0 Å². The van der Waals surface area contributed by atoms with Crippen LogP contribution in [0.25, 0.3) is 0 Å². The molecule has 0 N–H and O–H groups in total. The van der Waals surface area contributed by atoms with Crippen LogP contribution in [0.2, 0.25) is 58.9 Å². The summed E-state index contributed by atoms with van der Waals surface area (Å²) >= 11 is 0. The van der Waals surface area contributed by atoms with Crippen molar-refractivity contribution in [2.24, 2.45) is 0 Å². The van der Waals surface area contributed by atoms with Gasteiger partial charge < -0.3 is 13.3 Å². The molecule has 0 aromatic rings. The van der Waals surface area contributed by atoms with Crippen LogP contribution in [0.5, 0.6) is 0 Å². The van der Waals surface area contributed by atoms with Gasteiger partial charge in [-0.15, -0.1) is 0 Å². The Kier molecular flexibility index (Phi) is 6.09. The van der Waals surface area contributed by atoms with E-state index in [1.807, 2.05) is 0 Å². The maximum atomic E-state index is 6.32. The number of hydrogen-bond acceptors (Lipinski definition) is 3. The first-order valence-electron chi connectivity index (χ1n) is 6.83. The molecule has 0 fully saturated rings. The Hall–Kier alpha value is 0.328. The molecule has 0 amide bonds. The van der Waals surface area contributed by atoms with Crippen molar-refractivity contribution in [3.63, 3.8) is 0 Å². The quantitative estimate of drug-likeness (QED) is 0.406. The standard InChI is InChI=1S/C12H32O3Si4/c1-11(13-17(2,3)4)12(16,14-18(5,6)7)15-19(8,9)10/h1H2,2-10,16H3. The fourth-order valence-corrected chi connectivity index (χ4v) is 9.40. The maximum absolute atomic E-state index is 6.32. The van der Waals surface area contributed by atoms with Gasteiger partial charge in [-0.25, -0.2) is 0 Å².